The molecule has 29 heavy (non-hydrogen) atoms. The second kappa shape index (κ2) is 12.9. The summed E-state index contributed by atoms with van der Waals surface area (Å²) < 4.78 is 11.1. The lowest BCUT2D eigenvalue weighted by atomic mass is 10.2. The second-order valence-corrected chi connectivity index (χ2v) is 7.28. The summed E-state index contributed by atoms with van der Waals surface area (Å²) in [7, 11) is 1.60. The Balaban J connectivity index is 1.78. The first-order chi connectivity index (χ1) is 14.1. The third kappa shape index (κ3) is 8.18. The summed E-state index contributed by atoms with van der Waals surface area (Å²) in [5, 5.41) is 2.78. The maximum absolute atomic E-state index is 12.2. The van der Waals surface area contributed by atoms with Crippen LogP contribution < -0.4 is 14.8 Å². The number of carbonyl (C=O) groups is 2. The fourth-order valence-electron chi connectivity index (χ4n) is 3.24. The van der Waals surface area contributed by atoms with Crippen molar-refractivity contribution in [3.05, 3.63) is 29.8 Å². The third-order valence-electron chi connectivity index (χ3n) is 4.97. The Morgan fingerprint density at radius 2 is 1.90 bits per heavy atom. The normalized spacial score (nSPS) is 14.5. The predicted octanol–water partition coefficient (Wildman–Crippen LogP) is 3.80. The molecule has 1 fully saturated rings. The van der Waals surface area contributed by atoms with Crippen molar-refractivity contribution in [3.8, 4) is 11.5 Å². The second-order valence-electron chi connectivity index (χ2n) is 7.28. The molecule has 2 rings (SSSR count). The summed E-state index contributed by atoms with van der Waals surface area (Å²) in [6, 6.07) is 5.58. The van der Waals surface area contributed by atoms with Gasteiger partial charge in [-0.3, -0.25) is 9.59 Å². The van der Waals surface area contributed by atoms with Gasteiger partial charge in [-0.15, -0.1) is 0 Å². The Hall–Kier alpha value is -2.50. The number of likely N-dealkylation sites (tertiary alicyclic amines) is 1. The molecule has 0 bridgehead atoms. The van der Waals surface area contributed by atoms with Crippen LogP contribution >= 0.6 is 0 Å². The molecule has 160 valence electrons. The standard InChI is InChI=1S/C23H34N2O4/c1-3-4-17-29-20-11-9-19(18-21(20)28-2)10-12-22(26)24-14-13-23(27)25-15-7-5-6-8-16-25/h9-12,18H,3-8,13-17H2,1-2H3,(H,24,26)/b12-10+. The zero-order valence-corrected chi connectivity index (χ0v) is 17.7. The van der Waals surface area contributed by atoms with Gasteiger partial charge in [0.25, 0.3) is 0 Å². The van der Waals surface area contributed by atoms with Crippen molar-refractivity contribution in [1.82, 2.24) is 10.2 Å². The van der Waals surface area contributed by atoms with Crippen molar-refractivity contribution in [2.24, 2.45) is 0 Å². The molecular formula is C23H34N2O4. The van der Waals surface area contributed by atoms with Crippen molar-refractivity contribution in [1.29, 1.82) is 0 Å². The quantitative estimate of drug-likeness (QED) is 0.477. The number of nitrogens with one attached hydrogen (secondary N) is 1. The molecule has 0 unspecified atom stereocenters. The number of amides is 2. The Morgan fingerprint density at radius 1 is 1.14 bits per heavy atom. The summed E-state index contributed by atoms with van der Waals surface area (Å²) in [5.41, 5.74) is 0.848. The number of rotatable bonds is 10. The maximum atomic E-state index is 12.2. The van der Waals surface area contributed by atoms with Gasteiger partial charge in [0.1, 0.15) is 0 Å². The molecule has 1 N–H and O–H groups in total. The van der Waals surface area contributed by atoms with Crippen LogP contribution in [0, 0.1) is 0 Å². The zero-order chi connectivity index (χ0) is 20.9. The van der Waals surface area contributed by atoms with Gasteiger partial charge in [0.15, 0.2) is 11.5 Å². The van der Waals surface area contributed by atoms with Gasteiger partial charge in [0.05, 0.1) is 13.7 Å². The average Bonchev–Trinajstić information content (AvgIpc) is 3.02. The van der Waals surface area contributed by atoms with Gasteiger partial charge in [-0.1, -0.05) is 32.3 Å². The number of carbonyl (C=O) groups excluding carboxylic acids is 2. The Bertz CT molecular complexity index is 679. The van der Waals surface area contributed by atoms with E-state index in [1.165, 1.54) is 18.9 Å². The topological polar surface area (TPSA) is 67.9 Å². The highest BCUT2D eigenvalue weighted by Gasteiger charge is 2.15. The summed E-state index contributed by atoms with van der Waals surface area (Å²) in [4.78, 5) is 26.2. The number of ether oxygens (including phenoxy) is 2. The van der Waals surface area contributed by atoms with Gasteiger partial charge >= 0.3 is 0 Å². The van der Waals surface area contributed by atoms with E-state index < -0.39 is 0 Å². The third-order valence-corrected chi connectivity index (χ3v) is 4.97. The molecule has 0 aliphatic carbocycles. The number of benzene rings is 1. The molecule has 2 amide bonds. The Morgan fingerprint density at radius 3 is 2.59 bits per heavy atom. The van der Waals surface area contributed by atoms with E-state index in [4.69, 9.17) is 9.47 Å². The van der Waals surface area contributed by atoms with E-state index in [-0.39, 0.29) is 11.8 Å². The minimum atomic E-state index is -0.212. The first kappa shape index (κ1) is 22.8. The molecule has 0 spiro atoms. The number of nitrogens with zero attached hydrogens (tertiary/aromatic N) is 1. The molecule has 0 radical (unpaired) electrons. The highest BCUT2D eigenvalue weighted by Crippen LogP contribution is 2.28. The van der Waals surface area contributed by atoms with Crippen LogP contribution in [0.4, 0.5) is 0 Å². The van der Waals surface area contributed by atoms with Crippen LogP contribution in [-0.2, 0) is 9.59 Å². The first-order valence-corrected chi connectivity index (χ1v) is 10.7. The molecule has 0 saturated carbocycles. The van der Waals surface area contributed by atoms with Crippen LogP contribution in [-0.4, -0.2) is 50.1 Å². The largest absolute Gasteiger partial charge is 0.493 e. The van der Waals surface area contributed by atoms with Crippen LogP contribution in [0.25, 0.3) is 6.08 Å². The van der Waals surface area contributed by atoms with Crippen LogP contribution in [0.3, 0.4) is 0 Å². The molecule has 1 saturated heterocycles. The van der Waals surface area contributed by atoms with Crippen molar-refractivity contribution < 1.29 is 19.1 Å². The van der Waals surface area contributed by atoms with E-state index in [2.05, 4.69) is 12.2 Å². The van der Waals surface area contributed by atoms with Crippen LogP contribution in [0.15, 0.2) is 24.3 Å². The molecule has 1 aliphatic heterocycles. The van der Waals surface area contributed by atoms with Crippen molar-refractivity contribution in [2.75, 3.05) is 33.4 Å². The fourth-order valence-corrected chi connectivity index (χ4v) is 3.24. The summed E-state index contributed by atoms with van der Waals surface area (Å²) in [6.45, 7) is 4.80. The van der Waals surface area contributed by atoms with Gasteiger partial charge in [-0.25, -0.2) is 0 Å². The molecule has 0 aromatic heterocycles. The van der Waals surface area contributed by atoms with Crippen LogP contribution in [0.1, 0.15) is 57.4 Å². The maximum Gasteiger partial charge on any atom is 0.244 e. The molecule has 0 atom stereocenters. The fraction of sp³-hybridized carbons (Fsp3) is 0.565. The minimum Gasteiger partial charge on any atom is -0.493 e. The predicted molar refractivity (Wildman–Crippen MR) is 115 cm³/mol. The monoisotopic (exact) mass is 402 g/mol. The number of hydrogen-bond donors (Lipinski definition) is 1. The lowest BCUT2D eigenvalue weighted by Gasteiger charge is -2.20. The van der Waals surface area contributed by atoms with Gasteiger partial charge in [0.2, 0.25) is 11.8 Å². The average molecular weight is 403 g/mol. The minimum absolute atomic E-state index is 0.125. The first-order valence-electron chi connectivity index (χ1n) is 10.7. The number of hydrogen-bond acceptors (Lipinski definition) is 4. The highest BCUT2D eigenvalue weighted by molar-refractivity contribution is 5.92. The molecule has 6 nitrogen and oxygen atoms in total. The van der Waals surface area contributed by atoms with E-state index in [1.807, 2.05) is 23.1 Å². The smallest absolute Gasteiger partial charge is 0.244 e. The van der Waals surface area contributed by atoms with Crippen LogP contribution in [0.2, 0.25) is 0 Å². The van der Waals surface area contributed by atoms with Crippen molar-refractivity contribution >= 4 is 17.9 Å². The lowest BCUT2D eigenvalue weighted by molar-refractivity contribution is -0.131. The van der Waals surface area contributed by atoms with Gasteiger partial charge in [-0.05, 0) is 43.0 Å². The van der Waals surface area contributed by atoms with E-state index in [9.17, 15) is 9.59 Å². The van der Waals surface area contributed by atoms with Crippen molar-refractivity contribution in [2.45, 2.75) is 51.9 Å². The van der Waals surface area contributed by atoms with E-state index >= 15 is 0 Å². The van der Waals surface area contributed by atoms with Crippen molar-refractivity contribution in [3.63, 3.8) is 0 Å². The number of unbranched alkanes of at least 4 members (excludes halogenated alkanes) is 1. The highest BCUT2D eigenvalue weighted by atomic mass is 16.5. The van der Waals surface area contributed by atoms with E-state index in [0.29, 0.717) is 31.1 Å². The summed E-state index contributed by atoms with van der Waals surface area (Å²) in [5.74, 6) is 1.26. The molecule has 1 aliphatic rings. The SMILES string of the molecule is CCCCOc1ccc(/C=C/C(=O)NCCC(=O)N2CCCCCC2)cc1OC. The summed E-state index contributed by atoms with van der Waals surface area (Å²) in [6.07, 6.45) is 10.2. The molecule has 1 aromatic carbocycles. The van der Waals surface area contributed by atoms with E-state index in [1.54, 1.807) is 13.2 Å². The summed E-state index contributed by atoms with van der Waals surface area (Å²) >= 11 is 0. The Kier molecular flexibility index (Phi) is 10.1. The van der Waals surface area contributed by atoms with Gasteiger partial charge in [-0.2, -0.15) is 0 Å². The van der Waals surface area contributed by atoms with Gasteiger partial charge in [0, 0.05) is 32.1 Å². The Labute approximate surface area is 174 Å². The zero-order valence-electron chi connectivity index (χ0n) is 17.7. The van der Waals surface area contributed by atoms with Gasteiger partial charge < -0.3 is 19.7 Å². The molecule has 6 heteroatoms. The number of methoxy groups -OCH3 is 1. The molecule has 1 aromatic rings. The molecular weight excluding hydrogens is 368 g/mol. The lowest BCUT2D eigenvalue weighted by Crippen LogP contribution is -2.34. The molecule has 1 heterocycles. The van der Waals surface area contributed by atoms with Crippen LogP contribution in [0.5, 0.6) is 11.5 Å². The van der Waals surface area contributed by atoms with E-state index in [0.717, 1.165) is 44.3 Å².